The van der Waals surface area contributed by atoms with Crippen molar-refractivity contribution in [1.29, 1.82) is 5.26 Å². The first kappa shape index (κ1) is 14.5. The zero-order valence-corrected chi connectivity index (χ0v) is 12.4. The number of hydrogen-bond donors (Lipinski definition) is 0. The second-order valence-corrected chi connectivity index (χ2v) is 5.38. The molecule has 20 heavy (non-hydrogen) atoms. The van der Waals surface area contributed by atoms with Gasteiger partial charge in [0.15, 0.2) is 0 Å². The number of nitrogens with zero attached hydrogens (tertiary/aromatic N) is 2. The number of thiazole rings is 1. The highest BCUT2D eigenvalue weighted by molar-refractivity contribution is 7.12. The molecule has 0 saturated heterocycles. The second-order valence-electron chi connectivity index (χ2n) is 4.29. The van der Waals surface area contributed by atoms with Gasteiger partial charge in [0.1, 0.15) is 16.7 Å². The first-order valence-corrected chi connectivity index (χ1v) is 7.12. The number of aryl methyl sites for hydroxylation is 1. The summed E-state index contributed by atoms with van der Waals surface area (Å²) in [6.07, 6.45) is 0.692. The summed E-state index contributed by atoms with van der Waals surface area (Å²) in [7, 11) is 1.60. The van der Waals surface area contributed by atoms with Crippen LogP contribution in [0, 0.1) is 18.3 Å². The van der Waals surface area contributed by atoms with E-state index in [0.29, 0.717) is 30.2 Å². The zero-order chi connectivity index (χ0) is 14.4. The maximum atomic E-state index is 9.03. The lowest BCUT2D eigenvalue weighted by Gasteiger charge is -2.07. The molecular weight excluding hydrogens is 272 g/mol. The highest BCUT2D eigenvalue weighted by Crippen LogP contribution is 2.20. The fourth-order valence-corrected chi connectivity index (χ4v) is 2.64. The molecule has 1 heterocycles. The van der Waals surface area contributed by atoms with Crippen LogP contribution in [0.2, 0.25) is 0 Å². The number of methoxy groups -OCH3 is 1. The molecule has 0 unspecified atom stereocenters. The number of aromatic nitrogens is 1. The van der Waals surface area contributed by atoms with Gasteiger partial charge in [-0.05, 0) is 18.6 Å². The second kappa shape index (κ2) is 7.04. The van der Waals surface area contributed by atoms with Gasteiger partial charge < -0.3 is 9.47 Å². The van der Waals surface area contributed by atoms with Crippen molar-refractivity contribution < 1.29 is 9.47 Å². The number of rotatable bonds is 6. The first-order valence-electron chi connectivity index (χ1n) is 6.30. The summed E-state index contributed by atoms with van der Waals surface area (Å²) < 4.78 is 10.8. The number of ether oxygens (including phenoxy) is 2. The van der Waals surface area contributed by atoms with E-state index in [-0.39, 0.29) is 0 Å². The van der Waals surface area contributed by atoms with Gasteiger partial charge in [0.2, 0.25) is 0 Å². The largest absolute Gasteiger partial charge is 0.493 e. The van der Waals surface area contributed by atoms with Gasteiger partial charge in [-0.25, -0.2) is 4.98 Å². The lowest BCUT2D eigenvalue weighted by molar-refractivity contribution is 0.181. The lowest BCUT2D eigenvalue weighted by atomic mass is 10.2. The van der Waals surface area contributed by atoms with Crippen LogP contribution in [-0.2, 0) is 17.8 Å². The number of nitriles is 1. The van der Waals surface area contributed by atoms with Gasteiger partial charge in [-0.2, -0.15) is 5.26 Å². The summed E-state index contributed by atoms with van der Waals surface area (Å²) in [5.74, 6) is 0.890. The minimum absolute atomic E-state index is 0.373. The molecule has 1 aromatic carbocycles. The normalized spacial score (nSPS) is 10.2. The molecule has 0 aliphatic carbocycles. The van der Waals surface area contributed by atoms with Gasteiger partial charge in [0.05, 0.1) is 23.9 Å². The number of para-hydroxylation sites is 1. The fraction of sp³-hybridized carbons (Fsp3) is 0.333. The number of benzene rings is 1. The Morgan fingerprint density at radius 3 is 2.85 bits per heavy atom. The molecule has 2 aromatic rings. The zero-order valence-electron chi connectivity index (χ0n) is 11.5. The molecule has 4 nitrogen and oxygen atoms in total. The van der Waals surface area contributed by atoms with Crippen molar-refractivity contribution in [3.63, 3.8) is 0 Å². The Hall–Kier alpha value is -1.90. The Balaban J connectivity index is 1.95. The quantitative estimate of drug-likeness (QED) is 0.819. The third-order valence-corrected chi connectivity index (χ3v) is 3.85. The fourth-order valence-electron chi connectivity index (χ4n) is 1.80. The highest BCUT2D eigenvalue weighted by atomic mass is 32.1. The summed E-state index contributed by atoms with van der Waals surface area (Å²) in [6.45, 7) is 2.94. The molecule has 0 atom stereocenters. The predicted molar refractivity (Wildman–Crippen MR) is 77.9 cm³/mol. The standard InChI is InChI=1S/C15H16N2O2S/c1-11-5-3-4-6-13(11)19-8-7-15-17-12(10-18-2)14(9-16)20-15/h3-6H,7-8,10H2,1-2H3. The topological polar surface area (TPSA) is 55.1 Å². The Bertz CT molecular complexity index is 617. The molecule has 0 fully saturated rings. The van der Waals surface area contributed by atoms with Crippen LogP contribution in [-0.4, -0.2) is 18.7 Å². The summed E-state index contributed by atoms with van der Waals surface area (Å²) in [6, 6.07) is 10.1. The van der Waals surface area contributed by atoms with E-state index in [9.17, 15) is 0 Å². The van der Waals surface area contributed by atoms with Gasteiger partial charge in [-0.1, -0.05) is 18.2 Å². The van der Waals surface area contributed by atoms with Crippen molar-refractivity contribution in [2.45, 2.75) is 20.0 Å². The molecule has 0 spiro atoms. The summed E-state index contributed by atoms with van der Waals surface area (Å²) in [4.78, 5) is 5.04. The molecule has 5 heteroatoms. The third kappa shape index (κ3) is 3.56. The molecule has 0 aliphatic rings. The molecule has 0 radical (unpaired) electrons. The van der Waals surface area contributed by atoms with Gasteiger partial charge in [-0.15, -0.1) is 11.3 Å². The molecular formula is C15H16N2O2S. The van der Waals surface area contributed by atoms with Crippen LogP contribution in [0.25, 0.3) is 0 Å². The maximum absolute atomic E-state index is 9.03. The molecule has 104 valence electrons. The average Bonchev–Trinajstić information content (AvgIpc) is 2.84. The van der Waals surface area contributed by atoms with Crippen molar-refractivity contribution in [3.8, 4) is 11.8 Å². The monoisotopic (exact) mass is 288 g/mol. The summed E-state index contributed by atoms with van der Waals surface area (Å²) in [5, 5.41) is 9.94. The summed E-state index contributed by atoms with van der Waals surface area (Å²) in [5.41, 5.74) is 1.83. The Kier molecular flexibility index (Phi) is 5.10. The van der Waals surface area contributed by atoms with E-state index >= 15 is 0 Å². The molecule has 0 saturated carbocycles. The minimum atomic E-state index is 0.373. The first-order chi connectivity index (χ1) is 9.74. The Morgan fingerprint density at radius 1 is 1.35 bits per heavy atom. The van der Waals surface area contributed by atoms with E-state index in [1.807, 2.05) is 31.2 Å². The molecule has 0 N–H and O–H groups in total. The molecule has 1 aromatic heterocycles. The van der Waals surface area contributed by atoms with Crippen molar-refractivity contribution in [2.75, 3.05) is 13.7 Å². The van der Waals surface area contributed by atoms with Crippen LogP contribution in [0.1, 0.15) is 21.1 Å². The van der Waals surface area contributed by atoms with Crippen LogP contribution in [0.5, 0.6) is 5.75 Å². The van der Waals surface area contributed by atoms with E-state index < -0.39 is 0 Å². The highest BCUT2D eigenvalue weighted by Gasteiger charge is 2.10. The minimum Gasteiger partial charge on any atom is -0.493 e. The van der Waals surface area contributed by atoms with E-state index in [1.54, 1.807) is 7.11 Å². The maximum Gasteiger partial charge on any atom is 0.130 e. The molecule has 0 bridgehead atoms. The molecule has 0 aliphatic heterocycles. The van der Waals surface area contributed by atoms with E-state index in [4.69, 9.17) is 14.7 Å². The van der Waals surface area contributed by atoms with Gasteiger partial charge in [0.25, 0.3) is 0 Å². The summed E-state index contributed by atoms with van der Waals surface area (Å²) >= 11 is 1.41. The van der Waals surface area contributed by atoms with Crippen molar-refractivity contribution >= 4 is 11.3 Å². The van der Waals surface area contributed by atoms with Crippen LogP contribution < -0.4 is 4.74 Å². The van der Waals surface area contributed by atoms with Crippen molar-refractivity contribution in [2.24, 2.45) is 0 Å². The van der Waals surface area contributed by atoms with Crippen LogP contribution in [0.3, 0.4) is 0 Å². The van der Waals surface area contributed by atoms with Gasteiger partial charge in [-0.3, -0.25) is 0 Å². The smallest absolute Gasteiger partial charge is 0.130 e. The van der Waals surface area contributed by atoms with Crippen LogP contribution in [0.4, 0.5) is 0 Å². The Labute approximate surface area is 122 Å². The molecule has 0 amide bonds. The lowest BCUT2D eigenvalue weighted by Crippen LogP contribution is -2.02. The van der Waals surface area contributed by atoms with Gasteiger partial charge >= 0.3 is 0 Å². The van der Waals surface area contributed by atoms with E-state index in [2.05, 4.69) is 11.1 Å². The molecule has 2 rings (SSSR count). The van der Waals surface area contributed by atoms with Crippen LogP contribution in [0.15, 0.2) is 24.3 Å². The third-order valence-electron chi connectivity index (χ3n) is 2.79. The predicted octanol–water partition coefficient (Wildman–Crippen LogP) is 3.09. The Morgan fingerprint density at radius 2 is 2.15 bits per heavy atom. The number of hydrogen-bond acceptors (Lipinski definition) is 5. The van der Waals surface area contributed by atoms with E-state index in [0.717, 1.165) is 16.3 Å². The van der Waals surface area contributed by atoms with Crippen molar-refractivity contribution in [1.82, 2.24) is 4.98 Å². The SMILES string of the molecule is COCc1nc(CCOc2ccccc2C)sc1C#N. The van der Waals surface area contributed by atoms with E-state index in [1.165, 1.54) is 11.3 Å². The van der Waals surface area contributed by atoms with Crippen LogP contribution >= 0.6 is 11.3 Å². The van der Waals surface area contributed by atoms with Gasteiger partial charge in [0, 0.05) is 13.5 Å². The van der Waals surface area contributed by atoms with Crippen molar-refractivity contribution in [3.05, 3.63) is 45.4 Å². The average molecular weight is 288 g/mol.